The van der Waals surface area contributed by atoms with E-state index in [1.165, 1.54) is 25.7 Å². The largest absolute Gasteiger partial charge is 0.376 e. The number of halogens is 1. The minimum Gasteiger partial charge on any atom is -0.376 e. The third-order valence-electron chi connectivity index (χ3n) is 3.28. The molecule has 1 heterocycles. The zero-order valence-electron chi connectivity index (χ0n) is 11.5. The Morgan fingerprint density at radius 2 is 2.16 bits per heavy atom. The maximum absolute atomic E-state index is 5.82. The summed E-state index contributed by atoms with van der Waals surface area (Å²) in [6, 6.07) is 1.91. The Labute approximate surface area is 123 Å². The van der Waals surface area contributed by atoms with Crippen LogP contribution in [0.15, 0.2) is 10.7 Å². The van der Waals surface area contributed by atoms with Gasteiger partial charge < -0.3 is 10.1 Å². The second-order valence-electron chi connectivity index (χ2n) is 4.95. The first-order valence-corrected chi connectivity index (χ1v) is 7.96. The lowest BCUT2D eigenvalue weighted by molar-refractivity contribution is 0.0658. The zero-order chi connectivity index (χ0) is 13.5. The molecule has 1 aromatic heterocycles. The molecule has 4 nitrogen and oxygen atoms in total. The number of hydrogen-bond donors (Lipinski definition) is 1. The number of anilines is 1. The molecule has 19 heavy (non-hydrogen) atoms. The van der Waals surface area contributed by atoms with Crippen LogP contribution < -0.4 is 5.32 Å². The summed E-state index contributed by atoms with van der Waals surface area (Å²) >= 11 is 3.42. The molecule has 0 bridgehead atoms. The molecule has 1 aliphatic carbocycles. The highest BCUT2D eigenvalue weighted by atomic mass is 79.9. The topological polar surface area (TPSA) is 47.0 Å². The van der Waals surface area contributed by atoms with Gasteiger partial charge in [0.15, 0.2) is 0 Å². The van der Waals surface area contributed by atoms with Gasteiger partial charge in [-0.15, -0.1) is 0 Å². The van der Waals surface area contributed by atoms with E-state index in [-0.39, 0.29) is 0 Å². The molecular formula is C14H22BrN3O. The van der Waals surface area contributed by atoms with Crippen molar-refractivity contribution >= 4 is 21.7 Å². The van der Waals surface area contributed by atoms with Crippen LogP contribution >= 0.6 is 15.9 Å². The summed E-state index contributed by atoms with van der Waals surface area (Å²) < 4.78 is 6.65. The average molecular weight is 328 g/mol. The van der Waals surface area contributed by atoms with Gasteiger partial charge in [0.05, 0.1) is 12.7 Å². The number of hydrogen-bond acceptors (Lipinski definition) is 4. The minimum absolute atomic E-state index is 0.481. The van der Waals surface area contributed by atoms with Gasteiger partial charge in [-0.05, 0) is 35.2 Å². The van der Waals surface area contributed by atoms with Gasteiger partial charge in [0, 0.05) is 19.0 Å². The van der Waals surface area contributed by atoms with E-state index in [4.69, 9.17) is 4.74 Å². The van der Waals surface area contributed by atoms with Crippen molar-refractivity contribution in [1.29, 1.82) is 0 Å². The van der Waals surface area contributed by atoms with E-state index >= 15 is 0 Å². The number of nitrogens with one attached hydrogen (secondary N) is 1. The summed E-state index contributed by atoms with van der Waals surface area (Å²) in [5.74, 6) is 1.76. The molecule has 0 unspecified atom stereocenters. The van der Waals surface area contributed by atoms with Crippen LogP contribution in [0.25, 0.3) is 0 Å². The second kappa shape index (κ2) is 7.80. The van der Waals surface area contributed by atoms with Crippen LogP contribution in [-0.2, 0) is 11.2 Å². The molecule has 0 radical (unpaired) electrons. The van der Waals surface area contributed by atoms with Gasteiger partial charge in [0.1, 0.15) is 16.2 Å². The predicted molar refractivity (Wildman–Crippen MR) is 80.4 cm³/mol. The lowest BCUT2D eigenvalue weighted by Gasteiger charge is -2.12. The highest BCUT2D eigenvalue weighted by Crippen LogP contribution is 2.20. The number of ether oxygens (including phenoxy) is 1. The summed E-state index contributed by atoms with van der Waals surface area (Å²) in [5, 5.41) is 3.30. The molecule has 0 saturated heterocycles. The highest BCUT2D eigenvalue weighted by molar-refractivity contribution is 9.10. The lowest BCUT2D eigenvalue weighted by Crippen LogP contribution is -2.16. The molecule has 0 aliphatic heterocycles. The Balaban J connectivity index is 1.75. The molecule has 0 aromatic carbocycles. The normalized spacial score (nSPS) is 15.9. The van der Waals surface area contributed by atoms with Crippen molar-refractivity contribution in [2.24, 2.45) is 0 Å². The molecule has 1 fully saturated rings. The van der Waals surface area contributed by atoms with Crippen LogP contribution in [-0.4, -0.2) is 29.2 Å². The van der Waals surface area contributed by atoms with Crippen LogP contribution in [0.1, 0.15) is 44.9 Å². The van der Waals surface area contributed by atoms with E-state index < -0.39 is 0 Å². The van der Waals surface area contributed by atoms with Gasteiger partial charge in [-0.1, -0.05) is 19.8 Å². The van der Waals surface area contributed by atoms with Gasteiger partial charge in [-0.3, -0.25) is 0 Å². The Morgan fingerprint density at radius 3 is 2.89 bits per heavy atom. The maximum atomic E-state index is 5.82. The monoisotopic (exact) mass is 327 g/mol. The number of rotatable bonds is 7. The molecule has 1 saturated carbocycles. The Morgan fingerprint density at radius 1 is 1.37 bits per heavy atom. The molecule has 0 atom stereocenters. The van der Waals surface area contributed by atoms with Gasteiger partial charge in [0.25, 0.3) is 0 Å². The zero-order valence-corrected chi connectivity index (χ0v) is 13.1. The Bertz CT molecular complexity index is 394. The summed E-state index contributed by atoms with van der Waals surface area (Å²) in [4.78, 5) is 8.83. The Kier molecular flexibility index (Phi) is 6.04. The van der Waals surface area contributed by atoms with Gasteiger partial charge in [0.2, 0.25) is 0 Å². The lowest BCUT2D eigenvalue weighted by atomic mass is 10.3. The fourth-order valence-electron chi connectivity index (χ4n) is 2.35. The first-order valence-electron chi connectivity index (χ1n) is 7.17. The summed E-state index contributed by atoms with van der Waals surface area (Å²) in [6.07, 6.45) is 7.52. The van der Waals surface area contributed by atoms with Crippen LogP contribution in [0, 0.1) is 0 Å². The smallest absolute Gasteiger partial charge is 0.132 e. The first-order chi connectivity index (χ1) is 9.28. The van der Waals surface area contributed by atoms with E-state index in [0.29, 0.717) is 6.10 Å². The first kappa shape index (κ1) is 14.7. The SMILES string of the molecule is CCCc1nc(Br)cc(NCCOC2CCCC2)n1. The van der Waals surface area contributed by atoms with Crippen molar-refractivity contribution in [3.05, 3.63) is 16.5 Å². The van der Waals surface area contributed by atoms with Crippen molar-refractivity contribution < 1.29 is 4.74 Å². The molecule has 2 rings (SSSR count). The van der Waals surface area contributed by atoms with E-state index in [0.717, 1.165) is 42.2 Å². The molecule has 1 aromatic rings. The summed E-state index contributed by atoms with van der Waals surface area (Å²) in [6.45, 7) is 3.67. The quantitative estimate of drug-likeness (QED) is 0.614. The summed E-state index contributed by atoms with van der Waals surface area (Å²) in [7, 11) is 0. The highest BCUT2D eigenvalue weighted by Gasteiger charge is 2.14. The molecule has 0 amide bonds. The Hall–Kier alpha value is -0.680. The average Bonchev–Trinajstić information content (AvgIpc) is 2.87. The van der Waals surface area contributed by atoms with Crippen molar-refractivity contribution in [3.63, 3.8) is 0 Å². The van der Waals surface area contributed by atoms with Crippen LogP contribution in [0.2, 0.25) is 0 Å². The van der Waals surface area contributed by atoms with Crippen molar-refractivity contribution in [1.82, 2.24) is 9.97 Å². The van der Waals surface area contributed by atoms with Crippen molar-refractivity contribution in [3.8, 4) is 0 Å². The van der Waals surface area contributed by atoms with Crippen LogP contribution in [0.4, 0.5) is 5.82 Å². The van der Waals surface area contributed by atoms with Gasteiger partial charge in [-0.2, -0.15) is 0 Å². The van der Waals surface area contributed by atoms with Gasteiger partial charge >= 0.3 is 0 Å². The third kappa shape index (κ3) is 5.07. The number of aromatic nitrogens is 2. The minimum atomic E-state index is 0.481. The number of nitrogens with zero attached hydrogens (tertiary/aromatic N) is 2. The number of aryl methyl sites for hydroxylation is 1. The third-order valence-corrected chi connectivity index (χ3v) is 3.68. The molecular weight excluding hydrogens is 306 g/mol. The molecule has 0 spiro atoms. The maximum Gasteiger partial charge on any atom is 0.132 e. The summed E-state index contributed by atoms with van der Waals surface area (Å²) in [5.41, 5.74) is 0. The molecule has 1 N–H and O–H groups in total. The fourth-order valence-corrected chi connectivity index (χ4v) is 2.77. The standard InChI is InChI=1S/C14H22BrN3O/c1-2-5-13-17-12(15)10-14(18-13)16-8-9-19-11-6-3-4-7-11/h10-11H,2-9H2,1H3,(H,16,17,18). The van der Waals surface area contributed by atoms with Crippen molar-refractivity contribution in [2.45, 2.75) is 51.6 Å². The van der Waals surface area contributed by atoms with Crippen molar-refractivity contribution in [2.75, 3.05) is 18.5 Å². The predicted octanol–water partition coefficient (Wildman–Crippen LogP) is 3.56. The van der Waals surface area contributed by atoms with Crippen LogP contribution in [0.3, 0.4) is 0 Å². The van der Waals surface area contributed by atoms with E-state index in [1.54, 1.807) is 0 Å². The van der Waals surface area contributed by atoms with E-state index in [2.05, 4.69) is 38.1 Å². The van der Waals surface area contributed by atoms with E-state index in [1.807, 2.05) is 6.07 Å². The fraction of sp³-hybridized carbons (Fsp3) is 0.714. The molecule has 5 heteroatoms. The van der Waals surface area contributed by atoms with E-state index in [9.17, 15) is 0 Å². The molecule has 1 aliphatic rings. The molecule has 106 valence electrons. The second-order valence-corrected chi connectivity index (χ2v) is 5.76. The van der Waals surface area contributed by atoms with Gasteiger partial charge in [-0.25, -0.2) is 9.97 Å². The van der Waals surface area contributed by atoms with Crippen LogP contribution in [0.5, 0.6) is 0 Å².